The first-order valence-electron chi connectivity index (χ1n) is 7.01. The molecule has 1 heterocycles. The molecule has 0 saturated carbocycles. The minimum atomic E-state index is 0.310. The van der Waals surface area contributed by atoms with Gasteiger partial charge in [-0.2, -0.15) is 0 Å². The Bertz CT molecular complexity index is 585. The van der Waals surface area contributed by atoms with Gasteiger partial charge in [0.1, 0.15) is 11.0 Å². The lowest BCUT2D eigenvalue weighted by atomic mass is 10.0. The summed E-state index contributed by atoms with van der Waals surface area (Å²) in [5.74, 6) is 1.58. The van der Waals surface area contributed by atoms with E-state index in [-0.39, 0.29) is 0 Å². The summed E-state index contributed by atoms with van der Waals surface area (Å²) in [5.41, 5.74) is 0.875. The molecule has 19 heavy (non-hydrogen) atoms. The third-order valence-electron chi connectivity index (χ3n) is 3.83. The SMILES string of the molecule is O=C(CC1CCCC[SH+]1)c1ccc2ccccc2c1. The van der Waals surface area contributed by atoms with Crippen LogP contribution in [-0.2, 0) is 11.8 Å². The van der Waals surface area contributed by atoms with Crippen LogP contribution >= 0.6 is 0 Å². The summed E-state index contributed by atoms with van der Waals surface area (Å²) in [6.07, 6.45) is 4.58. The molecule has 1 nitrogen and oxygen atoms in total. The molecule has 1 aliphatic rings. The van der Waals surface area contributed by atoms with Crippen LogP contribution in [0, 0.1) is 0 Å². The smallest absolute Gasteiger partial charge is 0.167 e. The number of carbonyl (C=O) groups is 1. The Hall–Kier alpha value is -1.28. The fourth-order valence-corrected chi connectivity index (χ4v) is 4.15. The van der Waals surface area contributed by atoms with Crippen LogP contribution in [0.1, 0.15) is 36.0 Å². The number of benzene rings is 2. The van der Waals surface area contributed by atoms with Gasteiger partial charge in [-0.3, -0.25) is 4.79 Å². The van der Waals surface area contributed by atoms with E-state index >= 15 is 0 Å². The van der Waals surface area contributed by atoms with Crippen molar-refractivity contribution in [2.24, 2.45) is 0 Å². The lowest BCUT2D eigenvalue weighted by Gasteiger charge is -2.13. The number of ketones is 1. The first kappa shape index (κ1) is 12.7. The summed E-state index contributed by atoms with van der Waals surface area (Å²) in [6.45, 7) is 0. The highest BCUT2D eigenvalue weighted by molar-refractivity contribution is 7.79. The van der Waals surface area contributed by atoms with Gasteiger partial charge in [0.2, 0.25) is 0 Å². The normalized spacial score (nSPS) is 19.5. The maximum atomic E-state index is 12.4. The van der Waals surface area contributed by atoms with Gasteiger partial charge in [0.15, 0.2) is 5.78 Å². The molecular weight excluding hydrogens is 252 g/mol. The van der Waals surface area contributed by atoms with Gasteiger partial charge in [-0.25, -0.2) is 0 Å². The number of thiol groups is 1. The molecule has 0 radical (unpaired) electrons. The summed E-state index contributed by atoms with van der Waals surface area (Å²) >= 11 is 1.48. The zero-order valence-corrected chi connectivity index (χ0v) is 11.9. The van der Waals surface area contributed by atoms with Crippen LogP contribution < -0.4 is 0 Å². The second-order valence-electron chi connectivity index (χ2n) is 5.25. The molecule has 1 fully saturated rings. The minimum Gasteiger partial charge on any atom is -0.294 e. The summed E-state index contributed by atoms with van der Waals surface area (Å²) in [6, 6.07) is 14.3. The highest BCUT2D eigenvalue weighted by Gasteiger charge is 2.24. The van der Waals surface area contributed by atoms with E-state index in [4.69, 9.17) is 0 Å². The van der Waals surface area contributed by atoms with Crippen molar-refractivity contribution in [1.29, 1.82) is 0 Å². The van der Waals surface area contributed by atoms with Crippen LogP contribution in [-0.4, -0.2) is 16.8 Å². The first-order valence-corrected chi connectivity index (χ1v) is 8.16. The van der Waals surface area contributed by atoms with Crippen LogP contribution in [0.2, 0.25) is 0 Å². The molecule has 0 aliphatic carbocycles. The van der Waals surface area contributed by atoms with Gasteiger partial charge in [-0.15, -0.1) is 0 Å². The Morgan fingerprint density at radius 3 is 2.74 bits per heavy atom. The average Bonchev–Trinajstić information content (AvgIpc) is 2.48. The van der Waals surface area contributed by atoms with E-state index < -0.39 is 0 Å². The molecule has 1 aliphatic heterocycles. The molecule has 0 amide bonds. The molecule has 1 atom stereocenters. The summed E-state index contributed by atoms with van der Waals surface area (Å²) in [4.78, 5) is 12.4. The van der Waals surface area contributed by atoms with Gasteiger partial charge in [-0.1, -0.05) is 36.4 Å². The molecule has 1 saturated heterocycles. The molecule has 0 spiro atoms. The molecule has 0 N–H and O–H groups in total. The van der Waals surface area contributed by atoms with Crippen molar-refractivity contribution in [3.8, 4) is 0 Å². The van der Waals surface area contributed by atoms with Gasteiger partial charge in [-0.05, 0) is 47.9 Å². The van der Waals surface area contributed by atoms with E-state index in [0.717, 1.165) is 17.4 Å². The van der Waals surface area contributed by atoms with E-state index in [1.165, 1.54) is 42.2 Å². The van der Waals surface area contributed by atoms with E-state index in [9.17, 15) is 4.79 Å². The topological polar surface area (TPSA) is 17.1 Å². The zero-order valence-electron chi connectivity index (χ0n) is 11.0. The molecule has 1 unspecified atom stereocenters. The minimum absolute atomic E-state index is 0.310. The van der Waals surface area contributed by atoms with E-state index in [1.54, 1.807) is 0 Å². The predicted octanol–water partition coefficient (Wildman–Crippen LogP) is 3.78. The highest BCUT2D eigenvalue weighted by atomic mass is 32.2. The third-order valence-corrected chi connectivity index (χ3v) is 5.36. The standard InChI is InChI=1S/C17H18OS/c18-17(12-16-7-3-4-10-19-16)15-9-8-13-5-1-2-6-14(13)11-15/h1-2,5-6,8-9,11,16H,3-4,7,10,12H2/p+1. The third kappa shape index (κ3) is 3.01. The summed E-state index contributed by atoms with van der Waals surface area (Å²) in [5, 5.41) is 2.96. The van der Waals surface area contributed by atoms with Crippen LogP contribution in [0.5, 0.6) is 0 Å². The van der Waals surface area contributed by atoms with E-state index in [2.05, 4.69) is 18.2 Å². The Labute approximate surface area is 118 Å². The van der Waals surface area contributed by atoms with Crippen LogP contribution in [0.15, 0.2) is 42.5 Å². The van der Waals surface area contributed by atoms with Crippen molar-refractivity contribution in [3.05, 3.63) is 48.0 Å². The van der Waals surface area contributed by atoms with Gasteiger partial charge >= 0.3 is 0 Å². The fourth-order valence-electron chi connectivity index (χ4n) is 2.72. The van der Waals surface area contributed by atoms with Crippen molar-refractivity contribution < 1.29 is 4.79 Å². The van der Waals surface area contributed by atoms with Gasteiger partial charge in [0, 0.05) is 5.56 Å². The highest BCUT2D eigenvalue weighted by Crippen LogP contribution is 2.21. The van der Waals surface area contributed by atoms with Crippen molar-refractivity contribution >= 4 is 28.3 Å². The fraction of sp³-hybridized carbons (Fsp3) is 0.353. The second-order valence-corrected chi connectivity index (χ2v) is 6.79. The number of Topliss-reactive ketones (excluding diaryl/α,β-unsaturated/α-hetero) is 1. The number of carbonyl (C=O) groups excluding carboxylic acids is 1. The molecular formula is C17H19OS+. The van der Waals surface area contributed by atoms with Crippen LogP contribution in [0.4, 0.5) is 0 Å². The van der Waals surface area contributed by atoms with Crippen molar-refractivity contribution in [2.45, 2.75) is 30.9 Å². The Balaban J connectivity index is 1.77. The zero-order chi connectivity index (χ0) is 13.1. The van der Waals surface area contributed by atoms with Crippen molar-refractivity contribution in [1.82, 2.24) is 0 Å². The largest absolute Gasteiger partial charge is 0.294 e. The molecule has 3 rings (SSSR count). The van der Waals surface area contributed by atoms with E-state index in [1.807, 2.05) is 24.3 Å². The molecule has 2 aromatic carbocycles. The maximum Gasteiger partial charge on any atom is 0.167 e. The lowest BCUT2D eigenvalue weighted by molar-refractivity contribution is 0.0981. The Kier molecular flexibility index (Phi) is 3.88. The average molecular weight is 271 g/mol. The summed E-state index contributed by atoms with van der Waals surface area (Å²) in [7, 11) is 0. The molecule has 0 bridgehead atoms. The van der Waals surface area contributed by atoms with Gasteiger partial charge in [0.05, 0.1) is 6.42 Å². The number of hydrogen-bond donors (Lipinski definition) is 0. The summed E-state index contributed by atoms with van der Waals surface area (Å²) < 4.78 is 0. The molecule has 98 valence electrons. The van der Waals surface area contributed by atoms with Crippen LogP contribution in [0.3, 0.4) is 0 Å². The number of hydrogen-bond acceptors (Lipinski definition) is 1. The van der Waals surface area contributed by atoms with E-state index in [0.29, 0.717) is 11.0 Å². The first-order chi connectivity index (χ1) is 9.33. The second kappa shape index (κ2) is 5.79. The lowest BCUT2D eigenvalue weighted by Crippen LogP contribution is -2.21. The number of fused-ring (bicyclic) bond motifs is 1. The van der Waals surface area contributed by atoms with Crippen molar-refractivity contribution in [3.63, 3.8) is 0 Å². The maximum absolute atomic E-state index is 12.4. The van der Waals surface area contributed by atoms with Crippen LogP contribution in [0.25, 0.3) is 10.8 Å². The molecule has 2 heteroatoms. The predicted molar refractivity (Wildman–Crippen MR) is 84.2 cm³/mol. The quantitative estimate of drug-likeness (QED) is 0.472. The van der Waals surface area contributed by atoms with Crippen molar-refractivity contribution in [2.75, 3.05) is 5.75 Å². The Morgan fingerprint density at radius 2 is 1.95 bits per heavy atom. The molecule has 0 aromatic heterocycles. The molecule has 2 aromatic rings. The Morgan fingerprint density at radius 1 is 1.11 bits per heavy atom. The van der Waals surface area contributed by atoms with Gasteiger partial charge < -0.3 is 0 Å². The monoisotopic (exact) mass is 271 g/mol. The van der Waals surface area contributed by atoms with Gasteiger partial charge in [0.25, 0.3) is 0 Å². The number of rotatable bonds is 3.